The van der Waals surface area contributed by atoms with Crippen LogP contribution >= 0.6 is 34.7 Å². The van der Waals surface area contributed by atoms with E-state index in [9.17, 15) is 5.11 Å². The Hall–Kier alpha value is -4.51. The molecule has 8 nitrogen and oxygen atoms in total. The minimum atomic E-state index is 0.116. The first-order chi connectivity index (χ1) is 19.6. The van der Waals surface area contributed by atoms with E-state index in [-0.39, 0.29) is 5.75 Å². The lowest BCUT2D eigenvalue weighted by Crippen LogP contribution is -2.05. The summed E-state index contributed by atoms with van der Waals surface area (Å²) < 4.78 is 1.75. The van der Waals surface area contributed by atoms with E-state index in [0.29, 0.717) is 27.6 Å². The van der Waals surface area contributed by atoms with Gasteiger partial charge in [0.05, 0.1) is 15.9 Å². The van der Waals surface area contributed by atoms with Crippen molar-refractivity contribution in [1.82, 2.24) is 19.9 Å². The number of fused-ring (bicyclic) bond motifs is 1. The highest BCUT2D eigenvalue weighted by atomic mass is 35.5. The number of thiazole rings is 1. The standard InChI is InChI=1S/C29H20ClN7OS2/c30-19-11-14-24(38)18(15-19)17-31-22-12-13-23-25(16-22)39-29(34-23)40-28-36-26(32-20-7-3-1-4-8-20)35-27(37-28)33-21-9-5-2-6-10-21/h1-17,38H,(H2,32,33,35,36,37). The maximum atomic E-state index is 10.0. The molecule has 11 heteroatoms. The third-order valence-corrected chi connectivity index (χ3v) is 7.73. The number of benzene rings is 4. The van der Waals surface area contributed by atoms with Crippen LogP contribution in [0.2, 0.25) is 5.02 Å². The molecular formula is C29H20ClN7OS2. The second kappa shape index (κ2) is 11.7. The number of anilines is 4. The number of hydrogen-bond donors (Lipinski definition) is 3. The summed E-state index contributed by atoms with van der Waals surface area (Å²) in [5.41, 5.74) is 3.86. The molecule has 0 aliphatic heterocycles. The second-order valence-corrected chi connectivity index (χ2v) is 11.1. The Morgan fingerprint density at radius 2 is 1.45 bits per heavy atom. The molecule has 0 bridgehead atoms. The predicted octanol–water partition coefficient (Wildman–Crippen LogP) is 8.23. The minimum absolute atomic E-state index is 0.116. The SMILES string of the molecule is Oc1ccc(Cl)cc1C=Nc1ccc2nc(Sc3nc(Nc4ccccc4)nc(Nc4ccccc4)n3)sc2c1. The highest BCUT2D eigenvalue weighted by Crippen LogP contribution is 2.35. The van der Waals surface area contributed by atoms with E-state index >= 15 is 0 Å². The van der Waals surface area contributed by atoms with Gasteiger partial charge in [-0.3, -0.25) is 4.99 Å². The normalized spacial score (nSPS) is 11.2. The van der Waals surface area contributed by atoms with Crippen LogP contribution in [0.1, 0.15) is 5.56 Å². The van der Waals surface area contributed by atoms with Crippen molar-refractivity contribution in [3.63, 3.8) is 0 Å². The number of nitrogens with one attached hydrogen (secondary N) is 2. The first-order valence-electron chi connectivity index (χ1n) is 12.1. The van der Waals surface area contributed by atoms with Crippen molar-refractivity contribution in [3.05, 3.63) is 108 Å². The number of nitrogens with zero attached hydrogens (tertiary/aromatic N) is 5. The van der Waals surface area contributed by atoms with Crippen LogP contribution in [0.4, 0.5) is 29.0 Å². The van der Waals surface area contributed by atoms with Crippen LogP contribution in [-0.4, -0.2) is 31.3 Å². The fourth-order valence-electron chi connectivity index (χ4n) is 3.68. The Balaban J connectivity index is 1.26. The van der Waals surface area contributed by atoms with Gasteiger partial charge in [-0.2, -0.15) is 15.0 Å². The van der Waals surface area contributed by atoms with Gasteiger partial charge >= 0.3 is 0 Å². The summed E-state index contributed by atoms with van der Waals surface area (Å²) in [6, 6.07) is 30.0. The van der Waals surface area contributed by atoms with Gasteiger partial charge < -0.3 is 15.7 Å². The van der Waals surface area contributed by atoms with Crippen LogP contribution in [0, 0.1) is 0 Å². The molecule has 0 radical (unpaired) electrons. The van der Waals surface area contributed by atoms with Crippen molar-refractivity contribution in [2.24, 2.45) is 4.99 Å². The number of aromatic nitrogens is 4. The fraction of sp³-hybridized carbons (Fsp3) is 0. The van der Waals surface area contributed by atoms with Crippen molar-refractivity contribution in [3.8, 4) is 5.75 Å². The number of halogens is 1. The Labute approximate surface area is 242 Å². The van der Waals surface area contributed by atoms with E-state index in [1.54, 1.807) is 24.4 Å². The van der Waals surface area contributed by atoms with E-state index in [1.165, 1.54) is 23.1 Å². The van der Waals surface area contributed by atoms with E-state index in [1.807, 2.05) is 78.9 Å². The molecule has 0 fully saturated rings. The number of aromatic hydroxyl groups is 1. The van der Waals surface area contributed by atoms with Gasteiger partial charge in [-0.05, 0) is 72.4 Å². The van der Waals surface area contributed by atoms with Crippen molar-refractivity contribution in [2.75, 3.05) is 10.6 Å². The zero-order valence-electron chi connectivity index (χ0n) is 20.7. The van der Waals surface area contributed by atoms with Crippen LogP contribution in [0.3, 0.4) is 0 Å². The van der Waals surface area contributed by atoms with Crippen LogP contribution in [0.25, 0.3) is 10.2 Å². The lowest BCUT2D eigenvalue weighted by atomic mass is 10.2. The minimum Gasteiger partial charge on any atom is -0.507 e. The predicted molar refractivity (Wildman–Crippen MR) is 163 cm³/mol. The summed E-state index contributed by atoms with van der Waals surface area (Å²) in [6.45, 7) is 0. The molecule has 2 aromatic heterocycles. The average Bonchev–Trinajstić information content (AvgIpc) is 3.36. The van der Waals surface area contributed by atoms with Crippen LogP contribution in [0.15, 0.2) is 112 Å². The van der Waals surface area contributed by atoms with Crippen molar-refractivity contribution < 1.29 is 5.11 Å². The van der Waals surface area contributed by atoms with Crippen LogP contribution in [-0.2, 0) is 0 Å². The molecule has 3 N–H and O–H groups in total. The molecular weight excluding hydrogens is 562 g/mol. The summed E-state index contributed by atoms with van der Waals surface area (Å²) >= 11 is 8.92. The zero-order valence-corrected chi connectivity index (χ0v) is 23.1. The molecule has 0 spiro atoms. The number of aliphatic imine (C=N–C) groups is 1. The molecule has 6 rings (SSSR count). The lowest BCUT2D eigenvalue weighted by Gasteiger charge is -2.09. The topological polar surface area (TPSA) is 108 Å². The smallest absolute Gasteiger partial charge is 0.233 e. The van der Waals surface area contributed by atoms with E-state index < -0.39 is 0 Å². The molecule has 0 amide bonds. The number of phenolic OH excluding ortho intramolecular Hbond substituents is 1. The molecule has 0 unspecified atom stereocenters. The van der Waals surface area contributed by atoms with Gasteiger partial charge in [0.2, 0.25) is 17.1 Å². The monoisotopic (exact) mass is 581 g/mol. The van der Waals surface area contributed by atoms with Gasteiger partial charge in [0.15, 0.2) is 4.34 Å². The third-order valence-electron chi connectivity index (χ3n) is 5.55. The molecule has 40 heavy (non-hydrogen) atoms. The van der Waals surface area contributed by atoms with Gasteiger partial charge in [-0.25, -0.2) is 4.98 Å². The lowest BCUT2D eigenvalue weighted by molar-refractivity contribution is 0.474. The third kappa shape index (κ3) is 6.37. The fourth-order valence-corrected chi connectivity index (χ4v) is 5.82. The van der Waals surface area contributed by atoms with Gasteiger partial charge in [0, 0.05) is 28.2 Å². The molecule has 2 heterocycles. The molecule has 0 atom stereocenters. The second-order valence-electron chi connectivity index (χ2n) is 8.44. The van der Waals surface area contributed by atoms with E-state index in [4.69, 9.17) is 16.6 Å². The Kier molecular flexibility index (Phi) is 7.53. The Bertz CT molecular complexity index is 1750. The van der Waals surface area contributed by atoms with Crippen molar-refractivity contribution in [2.45, 2.75) is 9.50 Å². The molecule has 0 saturated carbocycles. The van der Waals surface area contributed by atoms with Crippen molar-refractivity contribution in [1.29, 1.82) is 0 Å². The highest BCUT2D eigenvalue weighted by Gasteiger charge is 2.13. The molecule has 4 aromatic carbocycles. The van der Waals surface area contributed by atoms with Gasteiger partial charge in [-0.1, -0.05) is 48.0 Å². The average molecular weight is 582 g/mol. The molecule has 196 valence electrons. The van der Waals surface area contributed by atoms with Gasteiger partial charge in [0.25, 0.3) is 0 Å². The number of hydrogen-bond acceptors (Lipinski definition) is 10. The summed E-state index contributed by atoms with van der Waals surface area (Å²) in [5.74, 6) is 0.957. The van der Waals surface area contributed by atoms with Crippen LogP contribution < -0.4 is 10.6 Å². The van der Waals surface area contributed by atoms with Crippen molar-refractivity contribution >= 4 is 80.1 Å². The largest absolute Gasteiger partial charge is 0.507 e. The number of phenols is 1. The molecule has 0 aliphatic rings. The first kappa shape index (κ1) is 25.8. The highest BCUT2D eigenvalue weighted by molar-refractivity contribution is 8.01. The molecule has 0 saturated heterocycles. The summed E-state index contributed by atoms with van der Waals surface area (Å²) in [6.07, 6.45) is 1.59. The Morgan fingerprint density at radius 3 is 2.12 bits per heavy atom. The van der Waals surface area contributed by atoms with Crippen LogP contribution in [0.5, 0.6) is 5.75 Å². The Morgan fingerprint density at radius 1 is 0.775 bits per heavy atom. The number of para-hydroxylation sites is 2. The van der Waals surface area contributed by atoms with Gasteiger partial charge in [0.1, 0.15) is 5.75 Å². The molecule has 0 aliphatic carbocycles. The van der Waals surface area contributed by atoms with E-state index in [2.05, 4.69) is 30.6 Å². The maximum Gasteiger partial charge on any atom is 0.233 e. The van der Waals surface area contributed by atoms with E-state index in [0.717, 1.165) is 31.6 Å². The maximum absolute atomic E-state index is 10.0. The first-order valence-corrected chi connectivity index (χ1v) is 14.1. The summed E-state index contributed by atoms with van der Waals surface area (Å²) in [4.78, 5) is 23.1. The molecule has 6 aromatic rings. The number of rotatable bonds is 8. The quantitative estimate of drug-likeness (QED) is 0.154. The summed E-state index contributed by atoms with van der Waals surface area (Å²) in [7, 11) is 0. The zero-order chi connectivity index (χ0) is 27.3. The summed E-state index contributed by atoms with van der Waals surface area (Å²) in [5, 5.41) is 17.6. The van der Waals surface area contributed by atoms with Gasteiger partial charge in [-0.15, -0.1) is 11.3 Å².